The number of fused-ring (bicyclic) bond motifs is 14. The standard InChI is InChI=1S/C44H24N2OS/c1-2-12-25(13-3-1)40-41(45-42-32-20-10-11-21-35(32)47-44(42)46-40)34-23-28-16-6-7-17-29(28)37-30-18-8-9-19-31(30)38-33-22-26-14-4-5-15-27(26)24-36(33)48-43(38)39(34)37/h1-24H. The zero-order valence-electron chi connectivity index (χ0n) is 25.6. The summed E-state index contributed by atoms with van der Waals surface area (Å²) in [6, 6.07) is 51.9. The van der Waals surface area contributed by atoms with Gasteiger partial charge in [-0.05, 0) is 68.0 Å². The summed E-state index contributed by atoms with van der Waals surface area (Å²) >= 11 is 1.88. The monoisotopic (exact) mass is 628 g/mol. The molecular weight excluding hydrogens is 605 g/mol. The second kappa shape index (κ2) is 9.71. The molecule has 11 aromatic rings. The molecule has 3 nitrogen and oxygen atoms in total. The fourth-order valence-electron chi connectivity index (χ4n) is 7.70. The van der Waals surface area contributed by atoms with E-state index in [0.717, 1.165) is 39.0 Å². The minimum Gasteiger partial charge on any atom is -0.436 e. The van der Waals surface area contributed by atoms with Crippen LogP contribution in [0.25, 0.3) is 108 Å². The van der Waals surface area contributed by atoms with E-state index in [-0.39, 0.29) is 0 Å². The number of benzene rings is 8. The van der Waals surface area contributed by atoms with Crippen LogP contribution in [0.2, 0.25) is 0 Å². The molecule has 0 amide bonds. The quantitative estimate of drug-likeness (QED) is 0.179. The van der Waals surface area contributed by atoms with Crippen molar-refractivity contribution in [2.75, 3.05) is 0 Å². The van der Waals surface area contributed by atoms with E-state index in [0.29, 0.717) is 5.71 Å². The molecular formula is C44H24N2OS. The van der Waals surface area contributed by atoms with Gasteiger partial charge in [-0.25, -0.2) is 9.97 Å². The van der Waals surface area contributed by atoms with E-state index in [1.807, 2.05) is 35.6 Å². The van der Waals surface area contributed by atoms with Crippen molar-refractivity contribution in [1.29, 1.82) is 0 Å². The van der Waals surface area contributed by atoms with Crippen LogP contribution in [0.3, 0.4) is 0 Å². The van der Waals surface area contributed by atoms with E-state index < -0.39 is 0 Å². The first-order valence-corrected chi connectivity index (χ1v) is 17.0. The normalized spacial score (nSPS) is 12.2. The van der Waals surface area contributed by atoms with Gasteiger partial charge < -0.3 is 4.42 Å². The van der Waals surface area contributed by atoms with Crippen molar-refractivity contribution in [3.05, 3.63) is 146 Å². The lowest BCUT2D eigenvalue weighted by Crippen LogP contribution is -1.96. The first-order valence-electron chi connectivity index (χ1n) is 16.2. The third-order valence-corrected chi connectivity index (χ3v) is 11.0. The molecule has 0 saturated heterocycles. The first-order chi connectivity index (χ1) is 23.8. The Bertz CT molecular complexity index is 3120. The summed E-state index contributed by atoms with van der Waals surface area (Å²) in [4.78, 5) is 10.7. The number of hydrogen-bond donors (Lipinski definition) is 0. The Morgan fingerprint density at radius 2 is 1.10 bits per heavy atom. The molecule has 222 valence electrons. The summed E-state index contributed by atoms with van der Waals surface area (Å²) in [5.74, 6) is 0. The molecule has 0 N–H and O–H groups in total. The summed E-state index contributed by atoms with van der Waals surface area (Å²) in [6.07, 6.45) is 0. The van der Waals surface area contributed by atoms with Crippen molar-refractivity contribution in [2.24, 2.45) is 0 Å². The van der Waals surface area contributed by atoms with E-state index >= 15 is 0 Å². The molecule has 0 radical (unpaired) electrons. The molecule has 0 fully saturated rings. The summed E-state index contributed by atoms with van der Waals surface area (Å²) in [5, 5.41) is 13.5. The molecule has 0 aliphatic carbocycles. The third kappa shape index (κ3) is 3.58. The Morgan fingerprint density at radius 1 is 0.458 bits per heavy atom. The van der Waals surface area contributed by atoms with Crippen molar-refractivity contribution in [3.8, 4) is 22.5 Å². The maximum absolute atomic E-state index is 6.30. The van der Waals surface area contributed by atoms with Crippen LogP contribution >= 0.6 is 11.3 Å². The molecule has 11 rings (SSSR count). The van der Waals surface area contributed by atoms with Crippen LogP contribution in [0.15, 0.2) is 150 Å². The van der Waals surface area contributed by atoms with Gasteiger partial charge in [0.15, 0.2) is 0 Å². The third-order valence-electron chi connectivity index (χ3n) is 9.81. The topological polar surface area (TPSA) is 38.9 Å². The van der Waals surface area contributed by atoms with Crippen LogP contribution in [0.5, 0.6) is 0 Å². The molecule has 0 aliphatic rings. The van der Waals surface area contributed by atoms with Crippen molar-refractivity contribution in [1.82, 2.24) is 9.97 Å². The highest BCUT2D eigenvalue weighted by Gasteiger charge is 2.24. The van der Waals surface area contributed by atoms with Gasteiger partial charge in [0.2, 0.25) is 5.71 Å². The van der Waals surface area contributed by atoms with Gasteiger partial charge in [-0.3, -0.25) is 0 Å². The predicted octanol–water partition coefficient (Wildman–Crippen LogP) is 12.7. The molecule has 3 heterocycles. The first kappa shape index (κ1) is 26.0. The molecule has 0 atom stereocenters. The molecule has 0 aliphatic heterocycles. The fraction of sp³-hybridized carbons (Fsp3) is 0. The average Bonchev–Trinajstić information content (AvgIpc) is 3.71. The highest BCUT2D eigenvalue weighted by molar-refractivity contribution is 7.27. The van der Waals surface area contributed by atoms with Crippen LogP contribution < -0.4 is 0 Å². The van der Waals surface area contributed by atoms with Crippen LogP contribution in [0.4, 0.5) is 0 Å². The van der Waals surface area contributed by atoms with E-state index in [9.17, 15) is 0 Å². The second-order valence-corrected chi connectivity index (χ2v) is 13.5. The summed E-state index contributed by atoms with van der Waals surface area (Å²) in [6.45, 7) is 0. The number of aromatic nitrogens is 2. The van der Waals surface area contributed by atoms with Crippen LogP contribution in [-0.4, -0.2) is 9.97 Å². The number of para-hydroxylation sites is 1. The lowest BCUT2D eigenvalue weighted by Gasteiger charge is -2.16. The summed E-state index contributed by atoms with van der Waals surface area (Å²) in [7, 11) is 0. The number of thiophene rings is 1. The molecule has 0 spiro atoms. The predicted molar refractivity (Wildman–Crippen MR) is 203 cm³/mol. The van der Waals surface area contributed by atoms with Gasteiger partial charge in [-0.2, -0.15) is 0 Å². The zero-order valence-corrected chi connectivity index (χ0v) is 26.4. The van der Waals surface area contributed by atoms with E-state index in [2.05, 4.69) is 121 Å². The lowest BCUT2D eigenvalue weighted by molar-refractivity contribution is 0.653. The number of furan rings is 1. The molecule has 48 heavy (non-hydrogen) atoms. The van der Waals surface area contributed by atoms with Gasteiger partial charge in [0.25, 0.3) is 0 Å². The van der Waals surface area contributed by atoms with Crippen molar-refractivity contribution < 1.29 is 4.42 Å². The Hall–Kier alpha value is -6.10. The Labute approximate surface area is 278 Å². The second-order valence-electron chi connectivity index (χ2n) is 12.5. The molecule has 3 aromatic heterocycles. The van der Waals surface area contributed by atoms with Crippen LogP contribution in [0.1, 0.15) is 0 Å². The molecule has 0 unspecified atom stereocenters. The van der Waals surface area contributed by atoms with Gasteiger partial charge >= 0.3 is 0 Å². The van der Waals surface area contributed by atoms with E-state index in [4.69, 9.17) is 14.4 Å². The van der Waals surface area contributed by atoms with Crippen LogP contribution in [-0.2, 0) is 0 Å². The number of rotatable bonds is 2. The average molecular weight is 629 g/mol. The lowest BCUT2D eigenvalue weighted by atomic mass is 9.88. The highest BCUT2D eigenvalue weighted by Crippen LogP contribution is 2.50. The zero-order chi connectivity index (χ0) is 31.3. The molecule has 0 bridgehead atoms. The van der Waals surface area contributed by atoms with Gasteiger partial charge in [0, 0.05) is 42.1 Å². The van der Waals surface area contributed by atoms with Crippen molar-refractivity contribution >= 4 is 96.8 Å². The van der Waals surface area contributed by atoms with Gasteiger partial charge in [-0.15, -0.1) is 11.3 Å². The van der Waals surface area contributed by atoms with Gasteiger partial charge in [0.1, 0.15) is 16.8 Å². The summed E-state index contributed by atoms with van der Waals surface area (Å²) in [5.41, 5.74) is 5.87. The SMILES string of the molecule is c1ccc(-c2nc3oc4ccccc4c3nc2-c2cc3ccccc3c3c4ccccc4c4c5cc6ccccc6cc5sc4c23)cc1. The Morgan fingerprint density at radius 3 is 1.92 bits per heavy atom. The fourth-order valence-corrected chi connectivity index (χ4v) is 9.01. The minimum atomic E-state index is 0.549. The van der Waals surface area contributed by atoms with E-state index in [1.54, 1.807) is 0 Å². The van der Waals surface area contributed by atoms with Crippen molar-refractivity contribution in [3.63, 3.8) is 0 Å². The molecule has 8 aromatic carbocycles. The largest absolute Gasteiger partial charge is 0.436 e. The van der Waals surface area contributed by atoms with Gasteiger partial charge in [-0.1, -0.05) is 115 Å². The van der Waals surface area contributed by atoms with Gasteiger partial charge in [0.05, 0.1) is 5.69 Å². The maximum Gasteiger partial charge on any atom is 0.246 e. The number of nitrogens with zero attached hydrogens (tertiary/aromatic N) is 2. The summed E-state index contributed by atoms with van der Waals surface area (Å²) < 4.78 is 8.85. The van der Waals surface area contributed by atoms with Crippen molar-refractivity contribution in [2.45, 2.75) is 0 Å². The maximum atomic E-state index is 6.30. The number of hydrogen-bond acceptors (Lipinski definition) is 4. The Kier molecular flexibility index (Phi) is 5.26. The highest BCUT2D eigenvalue weighted by atomic mass is 32.1. The van der Waals surface area contributed by atoms with E-state index in [1.165, 1.54) is 63.3 Å². The molecule has 4 heteroatoms. The minimum absolute atomic E-state index is 0.549. The Balaban J connectivity index is 1.41. The van der Waals surface area contributed by atoms with Crippen LogP contribution in [0, 0.1) is 0 Å². The smallest absolute Gasteiger partial charge is 0.246 e. The molecule has 0 saturated carbocycles.